The van der Waals surface area contributed by atoms with Crippen molar-refractivity contribution in [2.75, 3.05) is 19.8 Å². The first-order valence-corrected chi connectivity index (χ1v) is 7.94. The van der Waals surface area contributed by atoms with Gasteiger partial charge in [0.2, 0.25) is 0 Å². The van der Waals surface area contributed by atoms with E-state index >= 15 is 0 Å². The van der Waals surface area contributed by atoms with Crippen molar-refractivity contribution >= 4 is 0 Å². The lowest BCUT2D eigenvalue weighted by Gasteiger charge is -2.24. The smallest absolute Gasteiger partial charge is 0.161 e. The molecule has 3 heterocycles. The van der Waals surface area contributed by atoms with E-state index in [-0.39, 0.29) is 0 Å². The summed E-state index contributed by atoms with van der Waals surface area (Å²) in [6.45, 7) is 5.35. The minimum absolute atomic E-state index is 0.391. The Balaban J connectivity index is 1.52. The highest BCUT2D eigenvalue weighted by atomic mass is 16.6. The third-order valence-electron chi connectivity index (χ3n) is 4.39. The van der Waals surface area contributed by atoms with Crippen LogP contribution in [-0.4, -0.2) is 34.6 Å². The molecular formula is C17H21N3O2. The third-order valence-corrected chi connectivity index (χ3v) is 4.39. The molecule has 22 heavy (non-hydrogen) atoms. The van der Waals surface area contributed by atoms with E-state index in [1.807, 2.05) is 12.3 Å². The number of H-pyrrole nitrogens is 1. The molecule has 116 valence electrons. The Labute approximate surface area is 130 Å². The molecule has 0 amide bonds. The van der Waals surface area contributed by atoms with Crippen molar-refractivity contribution in [1.29, 1.82) is 0 Å². The lowest BCUT2D eigenvalue weighted by atomic mass is 10.1. The summed E-state index contributed by atoms with van der Waals surface area (Å²) in [5.41, 5.74) is 2.39. The topological polar surface area (TPSA) is 50.4 Å². The molecule has 1 fully saturated rings. The first-order chi connectivity index (χ1) is 10.8. The number of fused-ring (bicyclic) bond motifs is 1. The van der Waals surface area contributed by atoms with Gasteiger partial charge < -0.3 is 14.5 Å². The van der Waals surface area contributed by atoms with Crippen molar-refractivity contribution in [3.8, 4) is 11.5 Å². The van der Waals surface area contributed by atoms with Gasteiger partial charge in [-0.25, -0.2) is 4.98 Å². The molecular weight excluding hydrogens is 278 g/mol. The summed E-state index contributed by atoms with van der Waals surface area (Å²) in [4.78, 5) is 10.4. The number of rotatable bonds is 3. The van der Waals surface area contributed by atoms with Crippen LogP contribution in [0.25, 0.3) is 0 Å². The van der Waals surface area contributed by atoms with E-state index in [4.69, 9.17) is 9.47 Å². The Morgan fingerprint density at radius 3 is 2.95 bits per heavy atom. The van der Waals surface area contributed by atoms with Crippen molar-refractivity contribution in [3.63, 3.8) is 0 Å². The van der Waals surface area contributed by atoms with Crippen molar-refractivity contribution in [3.05, 3.63) is 41.5 Å². The summed E-state index contributed by atoms with van der Waals surface area (Å²) in [6.07, 6.45) is 4.29. The average molecular weight is 299 g/mol. The summed E-state index contributed by atoms with van der Waals surface area (Å²) >= 11 is 0. The lowest BCUT2D eigenvalue weighted by Crippen LogP contribution is -2.24. The van der Waals surface area contributed by atoms with E-state index in [0.29, 0.717) is 19.3 Å². The van der Waals surface area contributed by atoms with Gasteiger partial charge in [-0.1, -0.05) is 6.07 Å². The minimum Gasteiger partial charge on any atom is -0.486 e. The van der Waals surface area contributed by atoms with Crippen LogP contribution >= 0.6 is 0 Å². The summed E-state index contributed by atoms with van der Waals surface area (Å²) < 4.78 is 11.3. The fraction of sp³-hybridized carbons (Fsp3) is 0.471. The van der Waals surface area contributed by atoms with Gasteiger partial charge in [0.15, 0.2) is 11.5 Å². The molecule has 0 saturated carbocycles. The second kappa shape index (κ2) is 5.65. The SMILES string of the molecule is Cc1cnc(C2CCCN2Cc2ccc3c(c2)OCCO3)[nH]1. The van der Waals surface area contributed by atoms with Gasteiger partial charge in [-0.3, -0.25) is 4.90 Å². The Hall–Kier alpha value is -2.01. The molecule has 1 N–H and O–H groups in total. The van der Waals surface area contributed by atoms with E-state index in [1.54, 1.807) is 0 Å². The molecule has 0 radical (unpaired) electrons. The normalized spacial score (nSPS) is 21.2. The van der Waals surface area contributed by atoms with Gasteiger partial charge in [-0.05, 0) is 44.0 Å². The lowest BCUT2D eigenvalue weighted by molar-refractivity contribution is 0.171. The van der Waals surface area contributed by atoms with Gasteiger partial charge in [0, 0.05) is 18.4 Å². The Bertz CT molecular complexity index is 668. The van der Waals surface area contributed by atoms with E-state index in [2.05, 4.69) is 33.9 Å². The molecule has 1 aromatic carbocycles. The molecule has 1 saturated heterocycles. The zero-order chi connectivity index (χ0) is 14.9. The van der Waals surface area contributed by atoms with Crippen molar-refractivity contribution in [2.45, 2.75) is 32.4 Å². The van der Waals surface area contributed by atoms with Crippen molar-refractivity contribution in [2.24, 2.45) is 0 Å². The third kappa shape index (κ3) is 2.57. The predicted octanol–water partition coefficient (Wildman–Crippen LogP) is 2.83. The zero-order valence-corrected chi connectivity index (χ0v) is 12.8. The summed E-state index contributed by atoms with van der Waals surface area (Å²) in [5.74, 6) is 2.82. The maximum Gasteiger partial charge on any atom is 0.161 e. The highest BCUT2D eigenvalue weighted by Gasteiger charge is 2.28. The summed E-state index contributed by atoms with van der Waals surface area (Å²) in [5, 5.41) is 0. The summed E-state index contributed by atoms with van der Waals surface area (Å²) in [7, 11) is 0. The maximum atomic E-state index is 5.68. The van der Waals surface area contributed by atoms with Gasteiger partial charge >= 0.3 is 0 Å². The largest absolute Gasteiger partial charge is 0.486 e. The average Bonchev–Trinajstić information content (AvgIpc) is 3.16. The number of aromatic nitrogens is 2. The first-order valence-electron chi connectivity index (χ1n) is 7.94. The standard InChI is InChI=1S/C17H21N3O2/c1-12-10-18-17(19-12)14-3-2-6-20(14)11-13-4-5-15-16(9-13)22-8-7-21-15/h4-5,9-10,14H,2-3,6-8,11H2,1H3,(H,18,19). The number of benzene rings is 1. The van der Waals surface area contributed by atoms with E-state index in [1.165, 1.54) is 12.0 Å². The number of aromatic amines is 1. The molecule has 1 unspecified atom stereocenters. The van der Waals surface area contributed by atoms with E-state index in [0.717, 1.165) is 42.5 Å². The predicted molar refractivity (Wildman–Crippen MR) is 83.1 cm³/mol. The first kappa shape index (κ1) is 13.6. The number of likely N-dealkylation sites (tertiary alicyclic amines) is 1. The van der Waals surface area contributed by atoms with Crippen LogP contribution in [0.3, 0.4) is 0 Å². The summed E-state index contributed by atoms with van der Waals surface area (Å²) in [6, 6.07) is 6.65. The second-order valence-corrected chi connectivity index (χ2v) is 6.06. The van der Waals surface area contributed by atoms with Crippen LogP contribution in [0.5, 0.6) is 11.5 Å². The number of aryl methyl sites for hydroxylation is 1. The van der Waals surface area contributed by atoms with E-state index < -0.39 is 0 Å². The molecule has 4 rings (SSSR count). The van der Waals surface area contributed by atoms with Crippen LogP contribution in [0.15, 0.2) is 24.4 Å². The molecule has 5 heteroatoms. The fourth-order valence-electron chi connectivity index (χ4n) is 3.35. The van der Waals surface area contributed by atoms with E-state index in [9.17, 15) is 0 Å². The molecule has 1 aromatic heterocycles. The molecule has 0 aliphatic carbocycles. The van der Waals surface area contributed by atoms with Crippen LogP contribution in [0.2, 0.25) is 0 Å². The van der Waals surface area contributed by atoms with Gasteiger partial charge in [-0.2, -0.15) is 0 Å². The number of hydrogen-bond donors (Lipinski definition) is 1. The highest BCUT2D eigenvalue weighted by molar-refractivity contribution is 5.43. The minimum atomic E-state index is 0.391. The van der Waals surface area contributed by atoms with Crippen LogP contribution in [0.4, 0.5) is 0 Å². The van der Waals surface area contributed by atoms with Crippen LogP contribution < -0.4 is 9.47 Å². The molecule has 5 nitrogen and oxygen atoms in total. The zero-order valence-electron chi connectivity index (χ0n) is 12.8. The quantitative estimate of drug-likeness (QED) is 0.947. The van der Waals surface area contributed by atoms with Crippen molar-refractivity contribution < 1.29 is 9.47 Å². The molecule has 2 aliphatic rings. The van der Waals surface area contributed by atoms with Gasteiger partial charge in [0.1, 0.15) is 19.0 Å². The van der Waals surface area contributed by atoms with Crippen LogP contribution in [-0.2, 0) is 6.54 Å². The number of imidazole rings is 1. The number of nitrogens with zero attached hydrogens (tertiary/aromatic N) is 2. The Morgan fingerprint density at radius 2 is 2.14 bits per heavy atom. The Morgan fingerprint density at radius 1 is 1.27 bits per heavy atom. The fourth-order valence-corrected chi connectivity index (χ4v) is 3.35. The molecule has 2 aromatic rings. The monoisotopic (exact) mass is 299 g/mol. The Kier molecular flexibility index (Phi) is 3.50. The second-order valence-electron chi connectivity index (χ2n) is 6.06. The maximum absolute atomic E-state index is 5.68. The van der Waals surface area contributed by atoms with Gasteiger partial charge in [0.25, 0.3) is 0 Å². The number of hydrogen-bond acceptors (Lipinski definition) is 4. The van der Waals surface area contributed by atoms with Crippen molar-refractivity contribution in [1.82, 2.24) is 14.9 Å². The molecule has 0 bridgehead atoms. The van der Waals surface area contributed by atoms with Crippen LogP contribution in [0.1, 0.15) is 36.0 Å². The van der Waals surface area contributed by atoms with Crippen LogP contribution in [0, 0.1) is 6.92 Å². The van der Waals surface area contributed by atoms with Gasteiger partial charge in [0.05, 0.1) is 6.04 Å². The highest BCUT2D eigenvalue weighted by Crippen LogP contribution is 2.34. The number of ether oxygens (including phenoxy) is 2. The molecule has 2 aliphatic heterocycles. The number of nitrogens with one attached hydrogen (secondary N) is 1. The molecule has 1 atom stereocenters. The van der Waals surface area contributed by atoms with Gasteiger partial charge in [-0.15, -0.1) is 0 Å². The molecule has 0 spiro atoms.